The van der Waals surface area contributed by atoms with Gasteiger partial charge in [-0.2, -0.15) is 4.31 Å². The molecule has 2 aliphatic heterocycles. The number of aromatic nitrogens is 2. The molecule has 2 aromatic rings. The van der Waals surface area contributed by atoms with Crippen LogP contribution in [0.2, 0.25) is 0 Å². The zero-order valence-electron chi connectivity index (χ0n) is 15.7. The van der Waals surface area contributed by atoms with E-state index in [0.717, 1.165) is 5.82 Å². The molecule has 0 unspecified atom stereocenters. The van der Waals surface area contributed by atoms with Gasteiger partial charge in [-0.25, -0.2) is 13.4 Å². The predicted octanol–water partition coefficient (Wildman–Crippen LogP) is 0.772. The minimum absolute atomic E-state index is 0.0825. The van der Waals surface area contributed by atoms with E-state index in [1.54, 1.807) is 30.7 Å². The van der Waals surface area contributed by atoms with Crippen LogP contribution in [0.1, 0.15) is 0 Å². The Bertz CT molecular complexity index is 940. The lowest BCUT2D eigenvalue weighted by molar-refractivity contribution is 0.0328. The molecule has 1 aromatic carbocycles. The Balaban J connectivity index is 1.64. The Labute approximate surface area is 163 Å². The van der Waals surface area contributed by atoms with E-state index in [-0.39, 0.29) is 29.3 Å². The Kier molecular flexibility index (Phi) is 5.09. The van der Waals surface area contributed by atoms with Crippen molar-refractivity contribution in [1.82, 2.24) is 14.3 Å². The fraction of sp³-hybridized carbons (Fsp3) is 0.444. The molecule has 2 atom stereocenters. The topological polar surface area (TPSA) is 94.1 Å². The molecule has 4 rings (SSSR count). The van der Waals surface area contributed by atoms with Crippen LogP contribution in [0.4, 0.5) is 5.82 Å². The zero-order chi connectivity index (χ0) is 19.7. The van der Waals surface area contributed by atoms with Crippen LogP contribution >= 0.6 is 0 Å². The number of nitrogens with zero attached hydrogens (tertiary/aromatic N) is 4. The summed E-state index contributed by atoms with van der Waals surface area (Å²) < 4.78 is 44.5. The molecule has 0 saturated carbocycles. The Morgan fingerprint density at radius 3 is 2.75 bits per heavy atom. The van der Waals surface area contributed by atoms with E-state index in [1.165, 1.54) is 24.6 Å². The van der Waals surface area contributed by atoms with E-state index >= 15 is 0 Å². The minimum Gasteiger partial charge on any atom is -0.497 e. The monoisotopic (exact) mass is 406 g/mol. The molecule has 28 heavy (non-hydrogen) atoms. The van der Waals surface area contributed by atoms with Crippen LogP contribution in [0.25, 0.3) is 0 Å². The molecule has 3 heterocycles. The summed E-state index contributed by atoms with van der Waals surface area (Å²) in [7, 11) is -0.849. The van der Waals surface area contributed by atoms with Crippen molar-refractivity contribution in [2.45, 2.75) is 17.0 Å². The Morgan fingerprint density at radius 2 is 2.04 bits per heavy atom. The van der Waals surface area contributed by atoms with Gasteiger partial charge in [-0.15, -0.1) is 0 Å². The lowest BCUT2D eigenvalue weighted by atomic mass is 10.1. The minimum atomic E-state index is -3.79. The van der Waals surface area contributed by atoms with Gasteiger partial charge in [-0.05, 0) is 12.1 Å². The van der Waals surface area contributed by atoms with Crippen molar-refractivity contribution in [1.29, 1.82) is 0 Å². The van der Waals surface area contributed by atoms with Gasteiger partial charge in [0.15, 0.2) is 0 Å². The van der Waals surface area contributed by atoms with Crippen molar-refractivity contribution in [3.05, 3.63) is 36.8 Å². The van der Waals surface area contributed by atoms with Gasteiger partial charge in [0.05, 0.1) is 39.2 Å². The molecule has 0 N–H and O–H groups in total. The van der Waals surface area contributed by atoms with E-state index in [0.29, 0.717) is 25.4 Å². The van der Waals surface area contributed by atoms with Gasteiger partial charge in [-0.1, -0.05) is 0 Å². The van der Waals surface area contributed by atoms with E-state index < -0.39 is 10.0 Å². The first-order chi connectivity index (χ1) is 13.5. The van der Waals surface area contributed by atoms with Crippen LogP contribution in [0.5, 0.6) is 11.5 Å². The third-order valence-corrected chi connectivity index (χ3v) is 6.95. The lowest BCUT2D eigenvalue weighted by Gasteiger charge is -2.37. The van der Waals surface area contributed by atoms with Crippen molar-refractivity contribution in [2.24, 2.45) is 0 Å². The average molecular weight is 406 g/mol. The fourth-order valence-electron chi connectivity index (χ4n) is 3.70. The molecule has 0 radical (unpaired) electrons. The summed E-state index contributed by atoms with van der Waals surface area (Å²) in [6, 6.07) is 4.62. The number of morpholine rings is 1. The van der Waals surface area contributed by atoms with Gasteiger partial charge in [-0.3, -0.25) is 4.98 Å². The van der Waals surface area contributed by atoms with Crippen molar-refractivity contribution in [3.8, 4) is 11.5 Å². The number of ether oxygens (including phenoxy) is 3. The van der Waals surface area contributed by atoms with Gasteiger partial charge < -0.3 is 19.1 Å². The first kappa shape index (κ1) is 18.9. The number of methoxy groups -OCH3 is 2. The first-order valence-electron chi connectivity index (χ1n) is 8.91. The number of rotatable bonds is 5. The van der Waals surface area contributed by atoms with E-state index in [2.05, 4.69) is 14.9 Å². The SMILES string of the molecule is COc1ccc(OC)c(S(=O)(=O)N2C[C@@H]3OCCN(c4cnccn4)[C@H]3C2)c1. The molecule has 2 saturated heterocycles. The number of hydrogen-bond acceptors (Lipinski definition) is 8. The summed E-state index contributed by atoms with van der Waals surface area (Å²) in [6.07, 6.45) is 4.69. The van der Waals surface area contributed by atoms with Crippen molar-refractivity contribution in [2.75, 3.05) is 45.4 Å². The van der Waals surface area contributed by atoms with Crippen LogP contribution in [0, 0.1) is 0 Å². The van der Waals surface area contributed by atoms with Crippen LogP contribution in [-0.2, 0) is 14.8 Å². The number of fused-ring (bicyclic) bond motifs is 1. The van der Waals surface area contributed by atoms with Crippen LogP contribution in [0.3, 0.4) is 0 Å². The smallest absolute Gasteiger partial charge is 0.247 e. The number of anilines is 1. The molecule has 10 heteroatoms. The van der Waals surface area contributed by atoms with E-state index in [1.807, 2.05) is 0 Å². The van der Waals surface area contributed by atoms with E-state index in [4.69, 9.17) is 14.2 Å². The second-order valence-electron chi connectivity index (χ2n) is 6.57. The third-order valence-electron chi connectivity index (χ3n) is 5.10. The summed E-state index contributed by atoms with van der Waals surface area (Å²) in [5, 5.41) is 0. The molecular formula is C18H22N4O5S. The predicted molar refractivity (Wildman–Crippen MR) is 101 cm³/mol. The third kappa shape index (κ3) is 3.27. The Morgan fingerprint density at radius 1 is 1.18 bits per heavy atom. The van der Waals surface area contributed by atoms with Gasteiger partial charge in [0, 0.05) is 38.1 Å². The van der Waals surface area contributed by atoms with Crippen molar-refractivity contribution in [3.63, 3.8) is 0 Å². The molecular weight excluding hydrogens is 384 g/mol. The summed E-state index contributed by atoms with van der Waals surface area (Å²) in [4.78, 5) is 10.6. The molecule has 0 aliphatic carbocycles. The summed E-state index contributed by atoms with van der Waals surface area (Å²) in [5.74, 6) is 1.45. The van der Waals surface area contributed by atoms with Crippen molar-refractivity contribution < 1.29 is 22.6 Å². The highest BCUT2D eigenvalue weighted by atomic mass is 32.2. The lowest BCUT2D eigenvalue weighted by Crippen LogP contribution is -2.51. The average Bonchev–Trinajstić information content (AvgIpc) is 3.19. The van der Waals surface area contributed by atoms with Gasteiger partial charge in [0.25, 0.3) is 0 Å². The van der Waals surface area contributed by atoms with Crippen LogP contribution in [-0.4, -0.2) is 75.3 Å². The highest BCUT2D eigenvalue weighted by molar-refractivity contribution is 7.89. The summed E-state index contributed by atoms with van der Waals surface area (Å²) >= 11 is 0. The number of benzene rings is 1. The molecule has 0 amide bonds. The maximum Gasteiger partial charge on any atom is 0.247 e. The zero-order valence-corrected chi connectivity index (χ0v) is 16.5. The quantitative estimate of drug-likeness (QED) is 0.719. The van der Waals surface area contributed by atoms with Gasteiger partial charge in [0.2, 0.25) is 10.0 Å². The molecule has 2 aliphatic rings. The number of sulfonamides is 1. The first-order valence-corrected chi connectivity index (χ1v) is 10.3. The fourth-order valence-corrected chi connectivity index (χ4v) is 5.34. The largest absolute Gasteiger partial charge is 0.497 e. The molecule has 0 bridgehead atoms. The highest BCUT2D eigenvalue weighted by Crippen LogP contribution is 2.34. The van der Waals surface area contributed by atoms with Crippen molar-refractivity contribution >= 4 is 15.8 Å². The molecule has 2 fully saturated rings. The maximum atomic E-state index is 13.4. The second kappa shape index (κ2) is 7.53. The molecule has 150 valence electrons. The molecule has 1 aromatic heterocycles. The normalized spacial score (nSPS) is 22.7. The van der Waals surface area contributed by atoms with Crippen LogP contribution < -0.4 is 14.4 Å². The molecule has 9 nitrogen and oxygen atoms in total. The maximum absolute atomic E-state index is 13.4. The second-order valence-corrected chi connectivity index (χ2v) is 8.48. The highest BCUT2D eigenvalue weighted by Gasteiger charge is 2.45. The van der Waals surface area contributed by atoms with Gasteiger partial charge in [0.1, 0.15) is 22.2 Å². The van der Waals surface area contributed by atoms with Gasteiger partial charge >= 0.3 is 0 Å². The van der Waals surface area contributed by atoms with Crippen LogP contribution in [0.15, 0.2) is 41.7 Å². The summed E-state index contributed by atoms with van der Waals surface area (Å²) in [5.41, 5.74) is 0. The standard InChI is InChI=1S/C18H22N4O5S/c1-25-13-3-4-15(26-2)17(9-13)28(23,24)21-11-14-16(12-21)27-8-7-22(14)18-10-19-5-6-20-18/h3-6,9-10,14,16H,7-8,11-12H2,1-2H3/t14-,16-/m0/s1. The number of hydrogen-bond donors (Lipinski definition) is 0. The summed E-state index contributed by atoms with van der Waals surface area (Å²) in [6.45, 7) is 1.71. The molecule has 0 spiro atoms. The Hall–Kier alpha value is -2.43. The van der Waals surface area contributed by atoms with E-state index in [9.17, 15) is 8.42 Å².